The lowest BCUT2D eigenvalue weighted by molar-refractivity contribution is -0.118. The van der Waals surface area contributed by atoms with Crippen molar-refractivity contribution in [3.8, 4) is 0 Å². The second-order valence-corrected chi connectivity index (χ2v) is 10.2. The number of piperazine rings is 1. The number of rotatable bonds is 9. The van der Waals surface area contributed by atoms with Crippen LogP contribution in [-0.4, -0.2) is 68.1 Å². The first kappa shape index (κ1) is 26.0. The quantitative estimate of drug-likeness (QED) is 0.546. The predicted molar refractivity (Wildman–Crippen MR) is 148 cm³/mol. The summed E-state index contributed by atoms with van der Waals surface area (Å²) in [7, 11) is 0. The molecule has 2 fully saturated rings. The largest absolute Gasteiger partial charge is 0.371 e. The SMILES string of the molecule is CCC[C@H](NC(=O)c1ccc(N2CCN(C(C)C)CC2)cc1)C(=O)Nc1cccc(N2CCCC2)c1. The van der Waals surface area contributed by atoms with E-state index in [9.17, 15) is 9.59 Å². The number of hydrogen-bond donors (Lipinski definition) is 2. The highest BCUT2D eigenvalue weighted by atomic mass is 16.2. The molecule has 0 spiro atoms. The van der Waals surface area contributed by atoms with Crippen molar-refractivity contribution in [3.05, 3.63) is 54.1 Å². The van der Waals surface area contributed by atoms with Gasteiger partial charge < -0.3 is 20.4 Å². The number of amides is 2. The Hall–Kier alpha value is -3.06. The summed E-state index contributed by atoms with van der Waals surface area (Å²) in [5.41, 5.74) is 3.61. The Bertz CT molecular complexity index is 1010. The minimum absolute atomic E-state index is 0.177. The van der Waals surface area contributed by atoms with E-state index in [0.29, 0.717) is 18.0 Å². The average molecular weight is 492 g/mol. The van der Waals surface area contributed by atoms with E-state index < -0.39 is 6.04 Å². The van der Waals surface area contributed by atoms with Gasteiger partial charge in [0.2, 0.25) is 5.91 Å². The van der Waals surface area contributed by atoms with Gasteiger partial charge in [0.25, 0.3) is 5.91 Å². The fourth-order valence-electron chi connectivity index (χ4n) is 5.10. The maximum Gasteiger partial charge on any atom is 0.251 e. The first-order valence-electron chi connectivity index (χ1n) is 13.5. The normalized spacial score (nSPS) is 17.3. The molecule has 0 bridgehead atoms. The molecule has 2 aliphatic heterocycles. The zero-order valence-electron chi connectivity index (χ0n) is 22.0. The van der Waals surface area contributed by atoms with Crippen LogP contribution in [0.4, 0.5) is 17.1 Å². The van der Waals surface area contributed by atoms with Gasteiger partial charge in [-0.25, -0.2) is 0 Å². The van der Waals surface area contributed by atoms with E-state index in [1.165, 1.54) is 12.8 Å². The molecular weight excluding hydrogens is 450 g/mol. The molecule has 0 radical (unpaired) electrons. The van der Waals surface area contributed by atoms with Gasteiger partial charge in [0.15, 0.2) is 0 Å². The van der Waals surface area contributed by atoms with Crippen LogP contribution in [0.15, 0.2) is 48.5 Å². The molecule has 0 saturated carbocycles. The van der Waals surface area contributed by atoms with Crippen molar-refractivity contribution in [3.63, 3.8) is 0 Å². The van der Waals surface area contributed by atoms with Gasteiger partial charge >= 0.3 is 0 Å². The third-order valence-electron chi connectivity index (χ3n) is 7.32. The molecule has 2 aromatic carbocycles. The standard InChI is InChI=1S/C29H41N5O2/c1-4-8-27(29(36)30-24-9-7-10-26(21-24)33-15-5-6-16-33)31-28(35)23-11-13-25(14-12-23)34-19-17-32(18-20-34)22(2)3/h7,9-14,21-22,27H,4-6,8,15-20H2,1-3H3,(H,30,36)(H,31,35)/t27-/m0/s1. The molecular formula is C29H41N5O2. The van der Waals surface area contributed by atoms with E-state index in [1.54, 1.807) is 0 Å². The maximum absolute atomic E-state index is 13.1. The highest BCUT2D eigenvalue weighted by Gasteiger charge is 2.23. The van der Waals surface area contributed by atoms with Crippen molar-refractivity contribution in [1.29, 1.82) is 0 Å². The summed E-state index contributed by atoms with van der Waals surface area (Å²) in [4.78, 5) is 33.3. The first-order valence-corrected chi connectivity index (χ1v) is 13.5. The van der Waals surface area contributed by atoms with Gasteiger partial charge in [-0.2, -0.15) is 0 Å². The Balaban J connectivity index is 1.35. The zero-order chi connectivity index (χ0) is 25.5. The molecule has 2 heterocycles. The van der Waals surface area contributed by atoms with Crippen LogP contribution in [-0.2, 0) is 4.79 Å². The number of hydrogen-bond acceptors (Lipinski definition) is 5. The highest BCUT2D eigenvalue weighted by Crippen LogP contribution is 2.24. The van der Waals surface area contributed by atoms with E-state index in [1.807, 2.05) is 49.4 Å². The fourth-order valence-corrected chi connectivity index (χ4v) is 5.10. The van der Waals surface area contributed by atoms with E-state index in [4.69, 9.17) is 0 Å². The number of nitrogens with zero attached hydrogens (tertiary/aromatic N) is 3. The lowest BCUT2D eigenvalue weighted by Crippen LogP contribution is -2.48. The van der Waals surface area contributed by atoms with Crippen LogP contribution in [0.5, 0.6) is 0 Å². The average Bonchev–Trinajstić information content (AvgIpc) is 3.44. The number of anilines is 3. The van der Waals surface area contributed by atoms with Gasteiger partial charge in [-0.1, -0.05) is 19.4 Å². The summed E-state index contributed by atoms with van der Waals surface area (Å²) in [6, 6.07) is 15.7. The molecule has 2 aliphatic rings. The van der Waals surface area contributed by atoms with Crippen LogP contribution in [0.2, 0.25) is 0 Å². The van der Waals surface area contributed by atoms with Gasteiger partial charge in [0.1, 0.15) is 6.04 Å². The molecule has 4 rings (SSSR count). The first-order chi connectivity index (χ1) is 17.4. The van der Waals surface area contributed by atoms with E-state index in [2.05, 4.69) is 45.2 Å². The fraction of sp³-hybridized carbons (Fsp3) is 0.517. The summed E-state index contributed by atoms with van der Waals surface area (Å²) < 4.78 is 0. The van der Waals surface area contributed by atoms with Crippen molar-refractivity contribution in [2.45, 2.75) is 58.5 Å². The minimum Gasteiger partial charge on any atom is -0.371 e. The lowest BCUT2D eigenvalue weighted by Gasteiger charge is -2.38. The van der Waals surface area contributed by atoms with Crippen LogP contribution in [0.1, 0.15) is 56.8 Å². The van der Waals surface area contributed by atoms with E-state index in [-0.39, 0.29) is 11.8 Å². The van der Waals surface area contributed by atoms with Crippen molar-refractivity contribution >= 4 is 28.9 Å². The second-order valence-electron chi connectivity index (χ2n) is 10.2. The van der Waals surface area contributed by atoms with Crippen molar-refractivity contribution in [2.24, 2.45) is 0 Å². The molecule has 1 atom stereocenters. The van der Waals surface area contributed by atoms with Crippen molar-refractivity contribution in [1.82, 2.24) is 10.2 Å². The second kappa shape index (κ2) is 12.3. The van der Waals surface area contributed by atoms with Crippen LogP contribution < -0.4 is 20.4 Å². The summed E-state index contributed by atoms with van der Waals surface area (Å²) in [6.45, 7) is 12.7. The molecule has 7 nitrogen and oxygen atoms in total. The van der Waals surface area contributed by atoms with Crippen LogP contribution in [0.3, 0.4) is 0 Å². The van der Waals surface area contributed by atoms with Gasteiger partial charge in [-0.15, -0.1) is 0 Å². The molecule has 0 aromatic heterocycles. The summed E-state index contributed by atoms with van der Waals surface area (Å²) >= 11 is 0. The Morgan fingerprint density at radius 2 is 1.53 bits per heavy atom. The smallest absolute Gasteiger partial charge is 0.251 e. The number of carbonyl (C=O) groups excluding carboxylic acids is 2. The highest BCUT2D eigenvalue weighted by molar-refractivity contribution is 6.01. The van der Waals surface area contributed by atoms with E-state index in [0.717, 1.165) is 62.8 Å². The van der Waals surface area contributed by atoms with Crippen molar-refractivity contribution in [2.75, 3.05) is 54.4 Å². The van der Waals surface area contributed by atoms with Crippen molar-refractivity contribution < 1.29 is 9.59 Å². The molecule has 194 valence electrons. The molecule has 2 saturated heterocycles. The van der Waals surface area contributed by atoms with Gasteiger partial charge in [-0.05, 0) is 75.6 Å². The lowest BCUT2D eigenvalue weighted by atomic mass is 10.1. The molecule has 36 heavy (non-hydrogen) atoms. The molecule has 2 amide bonds. The minimum atomic E-state index is -0.582. The summed E-state index contributed by atoms with van der Waals surface area (Å²) in [5, 5.41) is 5.98. The number of nitrogens with one attached hydrogen (secondary N) is 2. The molecule has 2 aromatic rings. The molecule has 0 unspecified atom stereocenters. The number of carbonyl (C=O) groups is 2. The molecule has 7 heteroatoms. The Labute approximate surface area is 215 Å². The van der Waals surface area contributed by atoms with Gasteiger partial charge in [0.05, 0.1) is 0 Å². The van der Waals surface area contributed by atoms with Gasteiger partial charge in [-0.3, -0.25) is 14.5 Å². The molecule has 2 N–H and O–H groups in total. The molecule has 0 aliphatic carbocycles. The maximum atomic E-state index is 13.1. The number of benzene rings is 2. The predicted octanol–water partition coefficient (Wildman–Crippen LogP) is 4.35. The topological polar surface area (TPSA) is 67.9 Å². The third-order valence-corrected chi connectivity index (χ3v) is 7.32. The van der Waals surface area contributed by atoms with Crippen LogP contribution >= 0.6 is 0 Å². The summed E-state index contributed by atoms with van der Waals surface area (Å²) in [6.07, 6.45) is 3.79. The third kappa shape index (κ3) is 6.58. The summed E-state index contributed by atoms with van der Waals surface area (Å²) in [5.74, 6) is -0.394. The Morgan fingerprint density at radius 3 is 2.17 bits per heavy atom. The van der Waals surface area contributed by atoms with Gasteiger partial charge in [0, 0.05) is 67.9 Å². The zero-order valence-corrected chi connectivity index (χ0v) is 22.0. The van der Waals surface area contributed by atoms with E-state index >= 15 is 0 Å². The Morgan fingerprint density at radius 1 is 0.861 bits per heavy atom. The Kier molecular flexibility index (Phi) is 8.86. The van der Waals surface area contributed by atoms with Crippen LogP contribution in [0.25, 0.3) is 0 Å². The monoisotopic (exact) mass is 491 g/mol. The van der Waals surface area contributed by atoms with Crippen LogP contribution in [0, 0.1) is 0 Å².